The second-order valence-corrected chi connectivity index (χ2v) is 7.65. The van der Waals surface area contributed by atoms with E-state index >= 15 is 0 Å². The zero-order valence-electron chi connectivity index (χ0n) is 17.0. The van der Waals surface area contributed by atoms with Gasteiger partial charge in [-0.2, -0.15) is 0 Å². The van der Waals surface area contributed by atoms with E-state index in [1.807, 2.05) is 12.1 Å². The van der Waals surface area contributed by atoms with Crippen molar-refractivity contribution < 1.29 is 29.0 Å². The number of benzene rings is 1. The van der Waals surface area contributed by atoms with Crippen molar-refractivity contribution in [3.8, 4) is 0 Å². The number of carboxylic acid groups (broad SMARTS) is 1. The van der Waals surface area contributed by atoms with Crippen LogP contribution in [0, 0.1) is 0 Å². The third-order valence-corrected chi connectivity index (χ3v) is 5.30. The van der Waals surface area contributed by atoms with Crippen LogP contribution >= 0.6 is 0 Å². The summed E-state index contributed by atoms with van der Waals surface area (Å²) < 4.78 is 11.6. The highest BCUT2D eigenvalue weighted by Crippen LogP contribution is 2.29. The van der Waals surface area contributed by atoms with Gasteiger partial charge in [-0.3, -0.25) is 4.79 Å². The van der Waals surface area contributed by atoms with Gasteiger partial charge in [-0.25, -0.2) is 4.79 Å². The molecule has 0 spiro atoms. The van der Waals surface area contributed by atoms with Crippen LogP contribution in [0.2, 0.25) is 0 Å². The van der Waals surface area contributed by atoms with Gasteiger partial charge in [-0.15, -0.1) is 0 Å². The number of aliphatic hydroxyl groups is 1. The first kappa shape index (κ1) is 22.1. The lowest BCUT2D eigenvalue weighted by Gasteiger charge is -2.19. The molecule has 0 aliphatic carbocycles. The molecule has 1 fully saturated rings. The molecule has 162 valence electrons. The molecule has 2 aromatic rings. The fraction of sp³-hybridized carbons (Fsp3) is 0.478. The van der Waals surface area contributed by atoms with Gasteiger partial charge in [0, 0.05) is 13.0 Å². The van der Waals surface area contributed by atoms with Crippen LogP contribution in [0.25, 0.3) is 0 Å². The molecule has 1 aliphatic heterocycles. The summed E-state index contributed by atoms with van der Waals surface area (Å²) in [6, 6.07) is 11.1. The van der Waals surface area contributed by atoms with Crippen LogP contribution in [0.15, 0.2) is 40.8 Å². The highest BCUT2D eigenvalue weighted by molar-refractivity contribution is 5.84. The fourth-order valence-corrected chi connectivity index (χ4v) is 3.62. The van der Waals surface area contributed by atoms with Crippen molar-refractivity contribution in [2.45, 2.75) is 57.1 Å². The number of hydrogen-bond acceptors (Lipinski definition) is 5. The molecule has 30 heavy (non-hydrogen) atoms. The SMILES string of the molecule is O=C1CC[C@H](COC(c2ccc(CCCCCCO)cc2)c2ccc(C(=O)O)o2)N1. The smallest absolute Gasteiger partial charge is 0.371 e. The van der Waals surface area contributed by atoms with E-state index < -0.39 is 12.1 Å². The number of ether oxygens (including phenoxy) is 1. The molecule has 0 bridgehead atoms. The Morgan fingerprint density at radius 1 is 1.13 bits per heavy atom. The van der Waals surface area contributed by atoms with E-state index in [-0.39, 0.29) is 24.3 Å². The molecule has 2 heterocycles. The third kappa shape index (κ3) is 6.18. The number of rotatable bonds is 12. The molecule has 1 unspecified atom stereocenters. The highest BCUT2D eigenvalue weighted by Gasteiger charge is 2.25. The highest BCUT2D eigenvalue weighted by atomic mass is 16.5. The number of amides is 1. The van der Waals surface area contributed by atoms with Gasteiger partial charge in [-0.05, 0) is 48.9 Å². The number of carboxylic acids is 1. The number of unbranched alkanes of at least 4 members (excludes halogenated alkanes) is 3. The lowest BCUT2D eigenvalue weighted by Crippen LogP contribution is -2.30. The molecule has 7 nitrogen and oxygen atoms in total. The van der Waals surface area contributed by atoms with E-state index in [0.29, 0.717) is 18.8 Å². The minimum atomic E-state index is -1.13. The zero-order chi connectivity index (χ0) is 21.3. The maximum absolute atomic E-state index is 11.4. The Morgan fingerprint density at radius 3 is 2.53 bits per heavy atom. The normalized spacial score (nSPS) is 17.1. The Kier molecular flexibility index (Phi) is 8.04. The topological polar surface area (TPSA) is 109 Å². The Bertz CT molecular complexity index is 828. The molecule has 7 heteroatoms. The van der Waals surface area contributed by atoms with Crippen molar-refractivity contribution >= 4 is 11.9 Å². The van der Waals surface area contributed by atoms with Crippen molar-refractivity contribution in [1.29, 1.82) is 0 Å². The average Bonchev–Trinajstić information content (AvgIpc) is 3.39. The predicted molar refractivity (Wildman–Crippen MR) is 110 cm³/mol. The van der Waals surface area contributed by atoms with Gasteiger partial charge in [0.05, 0.1) is 12.6 Å². The predicted octanol–water partition coefficient (Wildman–Crippen LogP) is 3.46. The molecule has 0 radical (unpaired) electrons. The van der Waals surface area contributed by atoms with Crippen molar-refractivity contribution in [3.05, 3.63) is 59.0 Å². The van der Waals surface area contributed by atoms with E-state index in [1.165, 1.54) is 11.6 Å². The van der Waals surface area contributed by atoms with E-state index in [2.05, 4.69) is 17.4 Å². The van der Waals surface area contributed by atoms with E-state index in [9.17, 15) is 9.59 Å². The fourth-order valence-electron chi connectivity index (χ4n) is 3.62. The summed E-state index contributed by atoms with van der Waals surface area (Å²) in [7, 11) is 0. The molecule has 3 rings (SSSR count). The van der Waals surface area contributed by atoms with Gasteiger partial charge in [0.15, 0.2) is 0 Å². The van der Waals surface area contributed by atoms with Gasteiger partial charge >= 0.3 is 5.97 Å². The summed E-state index contributed by atoms with van der Waals surface area (Å²) in [6.45, 7) is 0.573. The van der Waals surface area contributed by atoms with Crippen molar-refractivity contribution in [3.63, 3.8) is 0 Å². The van der Waals surface area contributed by atoms with Crippen molar-refractivity contribution in [2.75, 3.05) is 13.2 Å². The largest absolute Gasteiger partial charge is 0.475 e. The number of nitrogens with one attached hydrogen (secondary N) is 1. The van der Waals surface area contributed by atoms with Crippen LogP contribution in [-0.4, -0.2) is 41.3 Å². The molecule has 1 aliphatic rings. The molecule has 2 atom stereocenters. The molecule has 3 N–H and O–H groups in total. The molecule has 1 saturated heterocycles. The quantitative estimate of drug-likeness (QED) is 0.458. The lowest BCUT2D eigenvalue weighted by molar-refractivity contribution is -0.119. The second kappa shape index (κ2) is 10.9. The van der Waals surface area contributed by atoms with E-state index in [4.69, 9.17) is 19.4 Å². The average molecular weight is 415 g/mol. The Labute approximate surface area is 176 Å². The van der Waals surface area contributed by atoms with Crippen molar-refractivity contribution in [1.82, 2.24) is 5.32 Å². The number of aryl methyl sites for hydroxylation is 1. The van der Waals surface area contributed by atoms with Crippen LogP contribution in [0.1, 0.15) is 72.1 Å². The monoisotopic (exact) mass is 415 g/mol. The van der Waals surface area contributed by atoms with Crippen molar-refractivity contribution in [2.24, 2.45) is 0 Å². The number of carbonyl (C=O) groups excluding carboxylic acids is 1. The molecular formula is C23H29NO6. The first-order valence-electron chi connectivity index (χ1n) is 10.5. The Hall–Kier alpha value is -2.64. The maximum Gasteiger partial charge on any atom is 0.371 e. The van der Waals surface area contributed by atoms with Crippen LogP contribution in [0.5, 0.6) is 0 Å². The standard InChI is InChI=1S/C23H29NO6/c25-14-4-2-1-3-5-16-6-8-17(9-7-16)22(19-11-12-20(30-19)23(27)28)29-15-18-10-13-21(26)24-18/h6-9,11-12,18,22,25H,1-5,10,13-15H2,(H,24,26)(H,27,28)/t18-,22?/m1/s1. The summed E-state index contributed by atoms with van der Waals surface area (Å²) in [5.41, 5.74) is 2.09. The molecule has 1 amide bonds. The number of aromatic carboxylic acids is 1. The molecule has 0 saturated carbocycles. The van der Waals surface area contributed by atoms with Gasteiger partial charge in [0.2, 0.25) is 11.7 Å². The van der Waals surface area contributed by atoms with Crippen LogP contribution in [0.4, 0.5) is 0 Å². The summed E-state index contributed by atoms with van der Waals surface area (Å²) in [5.74, 6) is -0.810. The van der Waals surface area contributed by atoms with Gasteiger partial charge in [-0.1, -0.05) is 37.1 Å². The van der Waals surface area contributed by atoms with E-state index in [1.54, 1.807) is 6.07 Å². The molecule has 1 aromatic carbocycles. The van der Waals surface area contributed by atoms with E-state index in [0.717, 1.165) is 44.1 Å². The summed E-state index contributed by atoms with van der Waals surface area (Å²) in [4.78, 5) is 22.6. The number of furan rings is 1. The first-order chi connectivity index (χ1) is 14.6. The number of hydrogen-bond donors (Lipinski definition) is 3. The van der Waals surface area contributed by atoms with Crippen LogP contribution in [-0.2, 0) is 16.0 Å². The Morgan fingerprint density at radius 2 is 1.90 bits per heavy atom. The molecular weight excluding hydrogens is 386 g/mol. The van der Waals surface area contributed by atoms with Gasteiger partial charge in [0.1, 0.15) is 11.9 Å². The Balaban J connectivity index is 1.67. The number of carbonyl (C=O) groups is 2. The minimum absolute atomic E-state index is 0.0228. The lowest BCUT2D eigenvalue weighted by atomic mass is 10.0. The number of aliphatic hydroxyl groups excluding tert-OH is 1. The van der Waals surface area contributed by atoms with Gasteiger partial charge < -0.3 is 24.7 Å². The van der Waals surface area contributed by atoms with Gasteiger partial charge in [0.25, 0.3) is 0 Å². The summed E-state index contributed by atoms with van der Waals surface area (Å²) >= 11 is 0. The first-order valence-corrected chi connectivity index (χ1v) is 10.5. The summed E-state index contributed by atoms with van der Waals surface area (Å²) in [5, 5.41) is 20.9. The zero-order valence-corrected chi connectivity index (χ0v) is 17.0. The van der Waals surface area contributed by atoms with Crippen LogP contribution in [0.3, 0.4) is 0 Å². The molecule has 1 aromatic heterocycles. The summed E-state index contributed by atoms with van der Waals surface area (Å²) in [6.07, 6.45) is 5.68. The minimum Gasteiger partial charge on any atom is -0.475 e. The second-order valence-electron chi connectivity index (χ2n) is 7.65. The maximum atomic E-state index is 11.4. The van der Waals surface area contributed by atoms with Crippen LogP contribution < -0.4 is 5.32 Å². The third-order valence-electron chi connectivity index (χ3n) is 5.30.